The Morgan fingerprint density at radius 2 is 2.10 bits per heavy atom. The van der Waals surface area contributed by atoms with Gasteiger partial charge in [-0.1, -0.05) is 0 Å². The van der Waals surface area contributed by atoms with E-state index in [1.807, 2.05) is 13.8 Å². The molecule has 4 nitrogen and oxygen atoms in total. The van der Waals surface area contributed by atoms with E-state index < -0.39 is 14.9 Å². The summed E-state index contributed by atoms with van der Waals surface area (Å²) in [5.74, 6) is -0.690. The third-order valence-corrected chi connectivity index (χ3v) is 4.98. The molecule has 0 amide bonds. The summed E-state index contributed by atoms with van der Waals surface area (Å²) >= 11 is 1.46. The predicted octanol–water partition coefficient (Wildman–Crippen LogP) is 3.41. The summed E-state index contributed by atoms with van der Waals surface area (Å²) in [4.78, 5) is 4.95. The highest BCUT2D eigenvalue weighted by atomic mass is 35.7. The van der Waals surface area contributed by atoms with E-state index in [4.69, 9.17) is 15.4 Å². The Hall–Kier alpha value is -1.18. The molecule has 0 fully saturated rings. The number of ether oxygens (including phenoxy) is 1. The van der Waals surface area contributed by atoms with Gasteiger partial charge in [-0.3, -0.25) is 0 Å². The van der Waals surface area contributed by atoms with Crippen molar-refractivity contribution in [2.24, 2.45) is 0 Å². The van der Waals surface area contributed by atoms with E-state index in [0.29, 0.717) is 5.01 Å². The summed E-state index contributed by atoms with van der Waals surface area (Å²) in [7, 11) is 1.19. The molecule has 108 valence electrons. The van der Waals surface area contributed by atoms with Crippen LogP contribution in [0.15, 0.2) is 23.1 Å². The third-order valence-electron chi connectivity index (χ3n) is 2.59. The smallest absolute Gasteiger partial charge is 0.265 e. The zero-order valence-electron chi connectivity index (χ0n) is 10.7. The fourth-order valence-electron chi connectivity index (χ4n) is 1.53. The van der Waals surface area contributed by atoms with Crippen molar-refractivity contribution in [1.29, 1.82) is 0 Å². The molecule has 1 heterocycles. The number of aromatic nitrogens is 1. The van der Waals surface area contributed by atoms with E-state index in [0.717, 1.165) is 22.7 Å². The first-order chi connectivity index (χ1) is 9.27. The maximum absolute atomic E-state index is 13.1. The molecule has 0 aliphatic rings. The lowest BCUT2D eigenvalue weighted by atomic mass is 10.3. The van der Waals surface area contributed by atoms with Crippen molar-refractivity contribution in [1.82, 2.24) is 4.98 Å². The lowest BCUT2D eigenvalue weighted by Gasteiger charge is -2.08. The van der Waals surface area contributed by atoms with Crippen LogP contribution < -0.4 is 4.74 Å². The predicted molar refractivity (Wildman–Crippen MR) is 75.4 cm³/mol. The van der Waals surface area contributed by atoms with Gasteiger partial charge in [0.25, 0.3) is 9.05 Å². The molecule has 0 N–H and O–H groups in total. The minimum absolute atomic E-state index is 0.00639. The number of benzene rings is 1. The highest BCUT2D eigenvalue weighted by Gasteiger charge is 2.18. The molecule has 0 saturated carbocycles. The van der Waals surface area contributed by atoms with E-state index in [1.54, 1.807) is 0 Å². The van der Waals surface area contributed by atoms with Crippen molar-refractivity contribution in [2.75, 3.05) is 0 Å². The molecular formula is C12H11ClFNO3S2. The van der Waals surface area contributed by atoms with Crippen molar-refractivity contribution < 1.29 is 17.5 Å². The zero-order valence-corrected chi connectivity index (χ0v) is 13.1. The van der Waals surface area contributed by atoms with Crippen LogP contribution >= 0.6 is 22.0 Å². The third kappa shape index (κ3) is 3.47. The number of thiazole rings is 1. The SMILES string of the molecule is Cc1nc(COc2ccc(F)cc2S(=O)(=O)Cl)sc1C. The molecule has 2 rings (SSSR count). The van der Waals surface area contributed by atoms with E-state index in [1.165, 1.54) is 17.4 Å². The summed E-state index contributed by atoms with van der Waals surface area (Å²) in [6, 6.07) is 3.17. The minimum Gasteiger partial charge on any atom is -0.485 e. The van der Waals surface area contributed by atoms with Gasteiger partial charge in [-0.15, -0.1) is 11.3 Å². The average Bonchev–Trinajstić information content (AvgIpc) is 2.66. The summed E-state index contributed by atoms with van der Waals surface area (Å²) in [5.41, 5.74) is 0.901. The van der Waals surface area contributed by atoms with Gasteiger partial charge < -0.3 is 4.74 Å². The van der Waals surface area contributed by atoms with Crippen molar-refractivity contribution in [2.45, 2.75) is 25.3 Å². The lowest BCUT2D eigenvalue weighted by Crippen LogP contribution is -2.01. The van der Waals surface area contributed by atoms with Crippen LogP contribution in [0.25, 0.3) is 0 Å². The second-order valence-corrected chi connectivity index (χ2v) is 7.89. The number of aryl methyl sites for hydroxylation is 2. The molecule has 0 bridgehead atoms. The van der Waals surface area contributed by atoms with Gasteiger partial charge in [-0.2, -0.15) is 0 Å². The average molecular weight is 336 g/mol. The Balaban J connectivity index is 2.26. The summed E-state index contributed by atoms with van der Waals surface area (Å²) in [5, 5.41) is 0.710. The summed E-state index contributed by atoms with van der Waals surface area (Å²) in [6.07, 6.45) is 0. The molecule has 1 aromatic carbocycles. The van der Waals surface area contributed by atoms with Gasteiger partial charge in [0.05, 0.1) is 5.69 Å². The van der Waals surface area contributed by atoms with Crippen molar-refractivity contribution in [3.05, 3.63) is 39.6 Å². The fourth-order valence-corrected chi connectivity index (χ4v) is 3.36. The van der Waals surface area contributed by atoms with Gasteiger partial charge in [-0.25, -0.2) is 17.8 Å². The highest BCUT2D eigenvalue weighted by Crippen LogP contribution is 2.29. The second-order valence-electron chi connectivity index (χ2n) is 4.07. The molecule has 2 aromatic rings. The van der Waals surface area contributed by atoms with Crippen molar-refractivity contribution >= 4 is 31.1 Å². The summed E-state index contributed by atoms with van der Waals surface area (Å²) < 4.78 is 41.3. The Kier molecular flexibility index (Phi) is 4.31. The molecule has 0 saturated heterocycles. The van der Waals surface area contributed by atoms with Crippen molar-refractivity contribution in [3.63, 3.8) is 0 Å². The van der Waals surface area contributed by atoms with E-state index in [2.05, 4.69) is 4.98 Å². The number of hydrogen-bond acceptors (Lipinski definition) is 5. The summed E-state index contributed by atoms with van der Waals surface area (Å²) in [6.45, 7) is 3.91. The molecule has 0 aliphatic heterocycles. The molecule has 8 heteroatoms. The molecule has 0 atom stereocenters. The van der Waals surface area contributed by atoms with Gasteiger partial charge in [0.2, 0.25) is 0 Å². The molecule has 0 spiro atoms. The second kappa shape index (κ2) is 5.67. The number of hydrogen-bond donors (Lipinski definition) is 0. The van der Waals surface area contributed by atoms with Crippen LogP contribution in [0.3, 0.4) is 0 Å². The monoisotopic (exact) mass is 335 g/mol. The van der Waals surface area contributed by atoms with Gasteiger partial charge in [-0.05, 0) is 32.0 Å². The van der Waals surface area contributed by atoms with Gasteiger partial charge in [0.1, 0.15) is 28.1 Å². The van der Waals surface area contributed by atoms with Gasteiger partial charge >= 0.3 is 0 Å². The number of halogens is 2. The first-order valence-electron chi connectivity index (χ1n) is 5.57. The minimum atomic E-state index is -4.07. The molecule has 20 heavy (non-hydrogen) atoms. The topological polar surface area (TPSA) is 56.3 Å². The van der Waals surface area contributed by atoms with Crippen LogP contribution in [0.1, 0.15) is 15.6 Å². The number of nitrogens with zero attached hydrogens (tertiary/aromatic N) is 1. The van der Waals surface area contributed by atoms with E-state index >= 15 is 0 Å². The Morgan fingerprint density at radius 3 is 2.65 bits per heavy atom. The van der Waals surface area contributed by atoms with Gasteiger partial charge in [0.15, 0.2) is 0 Å². The number of rotatable bonds is 4. The van der Waals surface area contributed by atoms with Crippen LogP contribution in [-0.2, 0) is 15.7 Å². The van der Waals surface area contributed by atoms with Crippen LogP contribution in [0.5, 0.6) is 5.75 Å². The van der Waals surface area contributed by atoms with Crippen LogP contribution in [0, 0.1) is 19.7 Å². The van der Waals surface area contributed by atoms with Crippen LogP contribution in [0.2, 0.25) is 0 Å². The largest absolute Gasteiger partial charge is 0.485 e. The quantitative estimate of drug-likeness (QED) is 0.803. The normalized spacial score (nSPS) is 11.6. The zero-order chi connectivity index (χ0) is 14.9. The molecule has 1 aromatic heterocycles. The Labute approximate surface area is 124 Å². The molecule has 0 unspecified atom stereocenters. The highest BCUT2D eigenvalue weighted by molar-refractivity contribution is 8.13. The maximum Gasteiger partial charge on any atom is 0.265 e. The van der Waals surface area contributed by atoms with Crippen LogP contribution in [0.4, 0.5) is 4.39 Å². The maximum atomic E-state index is 13.1. The van der Waals surface area contributed by atoms with Crippen LogP contribution in [-0.4, -0.2) is 13.4 Å². The molecule has 0 aliphatic carbocycles. The van der Waals surface area contributed by atoms with Crippen molar-refractivity contribution in [3.8, 4) is 5.75 Å². The van der Waals surface area contributed by atoms with E-state index in [-0.39, 0.29) is 17.3 Å². The first kappa shape index (κ1) is 15.2. The molecular weight excluding hydrogens is 325 g/mol. The Bertz CT molecular complexity index is 724. The Morgan fingerprint density at radius 1 is 1.40 bits per heavy atom. The first-order valence-corrected chi connectivity index (χ1v) is 8.70. The molecule has 0 radical (unpaired) electrons. The standard InChI is InChI=1S/C12H11ClFNO3S2/c1-7-8(2)19-12(15-7)6-18-10-4-3-9(14)5-11(10)20(13,16)17/h3-5H,6H2,1-2H3. The fraction of sp³-hybridized carbons (Fsp3) is 0.250. The van der Waals surface area contributed by atoms with E-state index in [9.17, 15) is 12.8 Å². The van der Waals surface area contributed by atoms with Gasteiger partial charge in [0, 0.05) is 15.6 Å². The lowest BCUT2D eigenvalue weighted by molar-refractivity contribution is 0.296.